The average Bonchev–Trinajstić information content (AvgIpc) is 3.11. The van der Waals surface area contributed by atoms with Gasteiger partial charge in [0.05, 0.1) is 11.1 Å². The summed E-state index contributed by atoms with van der Waals surface area (Å²) in [5, 5.41) is 17.1. The first-order valence-corrected chi connectivity index (χ1v) is 15.1. The maximum Gasteiger partial charge on any atom is 0.463 e. The summed E-state index contributed by atoms with van der Waals surface area (Å²) >= 11 is 0. The van der Waals surface area contributed by atoms with E-state index in [1.807, 2.05) is 0 Å². The minimum absolute atomic E-state index is 0.0161. The number of carboxylic acids is 2. The predicted octanol–water partition coefficient (Wildman–Crippen LogP) is 8.87. The van der Waals surface area contributed by atoms with Crippen molar-refractivity contribution in [3.05, 3.63) is 131 Å². The van der Waals surface area contributed by atoms with Crippen molar-refractivity contribution in [1.29, 1.82) is 0 Å². The van der Waals surface area contributed by atoms with Crippen LogP contribution >= 0.6 is 0 Å². The maximum atomic E-state index is 13.2. The van der Waals surface area contributed by atoms with E-state index in [0.29, 0.717) is 11.1 Å². The fraction of sp³-hybridized carbons (Fsp3) is 0.135. The summed E-state index contributed by atoms with van der Waals surface area (Å²) in [6, 6.07) is 19.9. The van der Waals surface area contributed by atoms with Gasteiger partial charge in [0.15, 0.2) is 0 Å². The van der Waals surface area contributed by atoms with Gasteiger partial charge in [-0.05, 0) is 96.1 Å². The average molecular weight is 783 g/mol. The molecule has 55 heavy (non-hydrogen) atoms. The van der Waals surface area contributed by atoms with Crippen molar-refractivity contribution < 1.29 is 83.5 Å². The smallest absolute Gasteiger partial charge is 0.463 e. The molecule has 0 fully saturated rings. The van der Waals surface area contributed by atoms with Crippen LogP contribution in [0.4, 0.5) is 35.1 Å². The fourth-order valence-corrected chi connectivity index (χ4v) is 3.72. The van der Waals surface area contributed by atoms with Gasteiger partial charge < -0.3 is 29.2 Å². The van der Waals surface area contributed by atoms with Gasteiger partial charge in [-0.25, -0.2) is 19.2 Å². The quantitative estimate of drug-likeness (QED) is 0.0551. The number of halogens is 8. The van der Waals surface area contributed by atoms with Gasteiger partial charge in [0.25, 0.3) is 0 Å². The van der Waals surface area contributed by atoms with E-state index in [1.165, 1.54) is 60.7 Å². The molecule has 10 nitrogen and oxygen atoms in total. The van der Waals surface area contributed by atoms with Crippen LogP contribution in [-0.2, 0) is 9.59 Å². The summed E-state index contributed by atoms with van der Waals surface area (Å²) in [4.78, 5) is 44.9. The zero-order chi connectivity index (χ0) is 41.0. The molecule has 0 aromatic heterocycles. The third kappa shape index (κ3) is 13.6. The Hall–Kier alpha value is -6.72. The first-order valence-electron chi connectivity index (χ1n) is 15.1. The van der Waals surface area contributed by atoms with Gasteiger partial charge in [-0.2, -0.15) is 35.1 Å². The molecular weight excluding hydrogens is 756 g/mol. The number of esters is 2. The second-order valence-corrected chi connectivity index (χ2v) is 10.8. The Balaban J connectivity index is 0.000000296. The largest absolute Gasteiger partial charge is 0.478 e. The Morgan fingerprint density at radius 1 is 0.545 bits per heavy atom. The molecule has 0 bridgehead atoms. The van der Waals surface area contributed by atoms with Gasteiger partial charge in [0.1, 0.15) is 23.0 Å². The molecule has 4 aromatic rings. The van der Waals surface area contributed by atoms with Crippen molar-refractivity contribution in [1.82, 2.24) is 0 Å². The van der Waals surface area contributed by atoms with E-state index in [2.05, 4.69) is 9.47 Å². The molecule has 0 heterocycles. The second kappa shape index (κ2) is 18.4. The third-order valence-corrected chi connectivity index (χ3v) is 6.46. The van der Waals surface area contributed by atoms with Gasteiger partial charge in [0.2, 0.25) is 0 Å². The predicted molar refractivity (Wildman–Crippen MR) is 177 cm³/mol. The molecule has 0 aliphatic heterocycles. The molecule has 4 aromatic carbocycles. The Morgan fingerprint density at radius 3 is 1.18 bits per heavy atom. The lowest BCUT2D eigenvalue weighted by Gasteiger charge is -2.23. The van der Waals surface area contributed by atoms with E-state index in [9.17, 15) is 54.3 Å². The number of ether oxygens (including phenoxy) is 4. The fourth-order valence-electron chi connectivity index (χ4n) is 3.72. The van der Waals surface area contributed by atoms with Crippen LogP contribution in [0.2, 0.25) is 0 Å². The first-order chi connectivity index (χ1) is 25.6. The number of carbonyl (C=O) groups is 4. The summed E-state index contributed by atoms with van der Waals surface area (Å²) in [5.41, 5.74) is 1.10. The molecule has 0 atom stereocenters. The highest BCUT2D eigenvalue weighted by Gasteiger charge is 2.55. The van der Waals surface area contributed by atoms with Crippen LogP contribution in [0.5, 0.6) is 23.0 Å². The first kappa shape index (κ1) is 42.7. The highest BCUT2D eigenvalue weighted by atomic mass is 19.3. The van der Waals surface area contributed by atoms with Gasteiger partial charge >= 0.3 is 48.4 Å². The molecule has 290 valence electrons. The standard InChI is InChI=1S/C19H14F4O5.C18H12F4O5/c1-18(20,21)19(22,23)28-15-9-5-13(6-10-15)17(26)27-14-7-2-12(3-8-14)4-11-16(24)25;19-17(20)18(21,22)27-14-8-4-12(5-9-14)16(25)26-13-6-1-11(2-7-13)3-10-15(23)24/h2-11H,1H3,(H,24,25);1-10,17H,(H,23,24)/b11-4+;10-3+. The highest BCUT2D eigenvalue weighted by Crippen LogP contribution is 2.36. The third-order valence-electron chi connectivity index (χ3n) is 6.46. The van der Waals surface area contributed by atoms with Crippen molar-refractivity contribution in [3.63, 3.8) is 0 Å². The lowest BCUT2D eigenvalue weighted by atomic mass is 10.2. The molecule has 0 saturated carbocycles. The summed E-state index contributed by atoms with van der Waals surface area (Å²) in [5.74, 6) is -8.97. The Kier molecular flexibility index (Phi) is 14.2. The SMILES string of the molecule is CC(F)(F)C(F)(F)Oc1ccc(C(=O)Oc2ccc(/C=C/C(=O)O)cc2)cc1.O=C(O)/C=C/c1ccc(OC(=O)c2ccc(OC(F)(F)C(F)F)cc2)cc1. The lowest BCUT2D eigenvalue weighted by Crippen LogP contribution is -2.42. The van der Waals surface area contributed by atoms with Gasteiger partial charge in [-0.1, -0.05) is 24.3 Å². The summed E-state index contributed by atoms with van der Waals surface area (Å²) in [6.07, 6.45) is -8.74. The van der Waals surface area contributed by atoms with Crippen LogP contribution in [-0.4, -0.2) is 58.7 Å². The van der Waals surface area contributed by atoms with Crippen LogP contribution in [0.1, 0.15) is 38.8 Å². The number of aliphatic carboxylic acids is 2. The number of hydrogen-bond acceptors (Lipinski definition) is 8. The minimum atomic E-state index is -4.70. The van der Waals surface area contributed by atoms with E-state index in [4.69, 9.17) is 19.7 Å². The van der Waals surface area contributed by atoms with Crippen LogP contribution in [0.3, 0.4) is 0 Å². The van der Waals surface area contributed by atoms with E-state index in [0.717, 1.165) is 60.7 Å². The molecule has 0 spiro atoms. The number of carboxylic acid groups (broad SMARTS) is 2. The Morgan fingerprint density at radius 2 is 0.873 bits per heavy atom. The molecule has 0 unspecified atom stereocenters. The molecular formula is C37H26F8O10. The highest BCUT2D eigenvalue weighted by molar-refractivity contribution is 5.92. The van der Waals surface area contributed by atoms with E-state index >= 15 is 0 Å². The molecule has 0 radical (unpaired) electrons. The molecule has 18 heteroatoms. The zero-order valence-electron chi connectivity index (χ0n) is 27.8. The van der Waals surface area contributed by atoms with Crippen molar-refractivity contribution in [3.8, 4) is 23.0 Å². The summed E-state index contributed by atoms with van der Waals surface area (Å²) in [6.45, 7) is 0.0292. The number of alkyl halides is 8. The van der Waals surface area contributed by atoms with Crippen molar-refractivity contribution >= 4 is 36.0 Å². The molecule has 2 N–H and O–H groups in total. The van der Waals surface area contributed by atoms with Crippen LogP contribution in [0.15, 0.2) is 109 Å². The van der Waals surface area contributed by atoms with Gasteiger partial charge in [0, 0.05) is 19.1 Å². The van der Waals surface area contributed by atoms with Crippen molar-refractivity contribution in [2.24, 2.45) is 0 Å². The van der Waals surface area contributed by atoms with E-state index in [-0.39, 0.29) is 29.5 Å². The monoisotopic (exact) mass is 782 g/mol. The number of rotatable bonds is 14. The van der Waals surface area contributed by atoms with E-state index < -0.39 is 59.9 Å². The van der Waals surface area contributed by atoms with Gasteiger partial charge in [-0.15, -0.1) is 0 Å². The maximum absolute atomic E-state index is 13.2. The molecule has 0 amide bonds. The minimum Gasteiger partial charge on any atom is -0.478 e. The molecule has 0 aliphatic carbocycles. The van der Waals surface area contributed by atoms with Crippen molar-refractivity contribution in [2.45, 2.75) is 31.5 Å². The number of benzene rings is 4. The summed E-state index contributed by atoms with van der Waals surface area (Å²) < 4.78 is 120. The van der Waals surface area contributed by atoms with Crippen LogP contribution in [0.25, 0.3) is 12.2 Å². The molecule has 0 aliphatic rings. The number of carbonyl (C=O) groups excluding carboxylic acids is 2. The van der Waals surface area contributed by atoms with E-state index in [1.54, 1.807) is 0 Å². The Bertz CT molecular complexity index is 1990. The normalized spacial score (nSPS) is 11.8. The lowest BCUT2D eigenvalue weighted by molar-refractivity contribution is -0.301. The zero-order valence-corrected chi connectivity index (χ0v) is 27.8. The molecule has 4 rings (SSSR count). The summed E-state index contributed by atoms with van der Waals surface area (Å²) in [7, 11) is 0. The Labute approximate surface area is 305 Å². The molecule has 0 saturated heterocycles. The van der Waals surface area contributed by atoms with Crippen molar-refractivity contribution in [2.75, 3.05) is 0 Å². The van der Waals surface area contributed by atoms with Crippen LogP contribution < -0.4 is 18.9 Å². The topological polar surface area (TPSA) is 146 Å². The second-order valence-electron chi connectivity index (χ2n) is 10.8. The van der Waals surface area contributed by atoms with Crippen LogP contribution in [0, 0.1) is 0 Å². The van der Waals surface area contributed by atoms with Gasteiger partial charge in [-0.3, -0.25) is 0 Å². The number of hydrogen-bond donors (Lipinski definition) is 2.